The summed E-state index contributed by atoms with van der Waals surface area (Å²) in [6.45, 7) is 2.28. The van der Waals surface area contributed by atoms with Gasteiger partial charge in [-0.1, -0.05) is 0 Å². The van der Waals surface area contributed by atoms with Crippen molar-refractivity contribution in [1.82, 2.24) is 9.55 Å². The maximum absolute atomic E-state index is 11.7. The molecule has 0 aliphatic carbocycles. The number of nitrogens with two attached hydrogens (primary N) is 1. The van der Waals surface area contributed by atoms with E-state index in [1.54, 1.807) is 19.2 Å². The van der Waals surface area contributed by atoms with Gasteiger partial charge in [-0.05, 0) is 19.1 Å². The monoisotopic (exact) mass is 249 g/mol. The van der Waals surface area contributed by atoms with Crippen molar-refractivity contribution in [2.45, 2.75) is 13.5 Å². The van der Waals surface area contributed by atoms with Crippen LogP contribution in [0.5, 0.6) is 11.5 Å². The molecular weight excluding hydrogens is 234 g/mol. The van der Waals surface area contributed by atoms with Crippen LogP contribution in [-0.4, -0.2) is 23.8 Å². The molecule has 18 heavy (non-hydrogen) atoms. The highest BCUT2D eigenvalue weighted by atomic mass is 16.5. The Hall–Kier alpha value is -2.24. The zero-order valence-electron chi connectivity index (χ0n) is 10.6. The molecule has 6 nitrogen and oxygen atoms in total. The third-order valence-corrected chi connectivity index (χ3v) is 2.83. The lowest BCUT2D eigenvalue weighted by Crippen LogP contribution is -2.25. The number of nitrogen functional groups attached to an aromatic ring is 1. The Morgan fingerprint density at radius 3 is 2.61 bits per heavy atom. The van der Waals surface area contributed by atoms with Crippen LogP contribution in [0.2, 0.25) is 0 Å². The summed E-state index contributed by atoms with van der Waals surface area (Å²) in [5, 5.41) is 0.596. The quantitative estimate of drug-likeness (QED) is 0.878. The van der Waals surface area contributed by atoms with Crippen LogP contribution in [0.25, 0.3) is 10.9 Å². The molecule has 0 amide bonds. The molecule has 0 aliphatic rings. The van der Waals surface area contributed by atoms with Crippen LogP contribution in [0, 0.1) is 0 Å². The van der Waals surface area contributed by atoms with E-state index in [9.17, 15) is 4.79 Å². The van der Waals surface area contributed by atoms with E-state index in [-0.39, 0.29) is 5.69 Å². The molecular formula is C12H15N3O3. The molecule has 0 unspecified atom stereocenters. The summed E-state index contributed by atoms with van der Waals surface area (Å²) in [6.07, 6.45) is 0. The molecule has 1 aromatic heterocycles. The van der Waals surface area contributed by atoms with Crippen molar-refractivity contribution in [2.24, 2.45) is 0 Å². The van der Waals surface area contributed by atoms with E-state index < -0.39 is 0 Å². The maximum Gasteiger partial charge on any atom is 0.349 e. The zero-order chi connectivity index (χ0) is 13.3. The smallest absolute Gasteiger partial charge is 0.349 e. The molecule has 0 saturated carbocycles. The number of anilines is 1. The Labute approximate surface area is 104 Å². The van der Waals surface area contributed by atoms with Crippen LogP contribution < -0.4 is 20.9 Å². The van der Waals surface area contributed by atoms with Crippen LogP contribution in [0.1, 0.15) is 6.92 Å². The molecule has 0 saturated heterocycles. The summed E-state index contributed by atoms with van der Waals surface area (Å²) in [7, 11) is 3.07. The van der Waals surface area contributed by atoms with Crippen LogP contribution in [0.3, 0.4) is 0 Å². The van der Waals surface area contributed by atoms with E-state index >= 15 is 0 Å². The van der Waals surface area contributed by atoms with Crippen LogP contribution in [0.4, 0.5) is 5.82 Å². The minimum atomic E-state index is -0.366. The summed E-state index contributed by atoms with van der Waals surface area (Å²) in [6, 6.07) is 3.39. The van der Waals surface area contributed by atoms with Crippen molar-refractivity contribution in [3.63, 3.8) is 0 Å². The number of benzene rings is 1. The lowest BCUT2D eigenvalue weighted by Gasteiger charge is -2.14. The second-order valence-electron chi connectivity index (χ2n) is 3.72. The van der Waals surface area contributed by atoms with Crippen molar-refractivity contribution < 1.29 is 9.47 Å². The van der Waals surface area contributed by atoms with Gasteiger partial charge in [-0.25, -0.2) is 4.79 Å². The van der Waals surface area contributed by atoms with E-state index in [1.807, 2.05) is 6.92 Å². The second kappa shape index (κ2) is 4.56. The number of methoxy groups -OCH3 is 2. The van der Waals surface area contributed by atoms with Gasteiger partial charge in [0, 0.05) is 6.54 Å². The first-order chi connectivity index (χ1) is 8.63. The fraction of sp³-hybridized carbons (Fsp3) is 0.333. The standard InChI is InChI=1S/C12H15N3O3/c1-4-15-11(13)9-7(14-12(15)16)5-6-8(17-2)10(9)18-3/h5-6H,4,13H2,1-3H3. The molecule has 0 fully saturated rings. The van der Waals surface area contributed by atoms with Gasteiger partial charge in [0.25, 0.3) is 0 Å². The third kappa shape index (κ3) is 1.66. The van der Waals surface area contributed by atoms with Gasteiger partial charge in [0.05, 0.1) is 25.1 Å². The molecule has 0 radical (unpaired) electrons. The van der Waals surface area contributed by atoms with Gasteiger partial charge in [0.15, 0.2) is 11.5 Å². The van der Waals surface area contributed by atoms with Crippen molar-refractivity contribution in [3.05, 3.63) is 22.6 Å². The first-order valence-electron chi connectivity index (χ1n) is 5.55. The summed E-state index contributed by atoms with van der Waals surface area (Å²) >= 11 is 0. The summed E-state index contributed by atoms with van der Waals surface area (Å²) in [4.78, 5) is 15.7. The highest BCUT2D eigenvalue weighted by Crippen LogP contribution is 2.36. The Balaban J connectivity index is 2.95. The summed E-state index contributed by atoms with van der Waals surface area (Å²) in [5.41, 5.74) is 6.15. The van der Waals surface area contributed by atoms with Gasteiger partial charge in [-0.15, -0.1) is 0 Å². The van der Waals surface area contributed by atoms with Gasteiger partial charge in [0.1, 0.15) is 5.82 Å². The van der Waals surface area contributed by atoms with E-state index in [4.69, 9.17) is 15.2 Å². The highest BCUT2D eigenvalue weighted by molar-refractivity contribution is 5.95. The van der Waals surface area contributed by atoms with Gasteiger partial charge in [0.2, 0.25) is 0 Å². The summed E-state index contributed by atoms with van der Waals surface area (Å²) in [5.74, 6) is 1.38. The molecule has 96 valence electrons. The fourth-order valence-corrected chi connectivity index (χ4v) is 1.96. The minimum Gasteiger partial charge on any atom is -0.493 e. The number of nitrogens with zero attached hydrogens (tertiary/aromatic N) is 2. The largest absolute Gasteiger partial charge is 0.493 e. The van der Waals surface area contributed by atoms with Crippen LogP contribution >= 0.6 is 0 Å². The normalized spacial score (nSPS) is 10.6. The SMILES string of the molecule is CCn1c(N)c2c(OC)c(OC)ccc2nc1=O. The van der Waals surface area contributed by atoms with Gasteiger partial charge in [-0.3, -0.25) is 4.57 Å². The lowest BCUT2D eigenvalue weighted by atomic mass is 10.2. The molecule has 6 heteroatoms. The van der Waals surface area contributed by atoms with E-state index in [1.165, 1.54) is 11.7 Å². The van der Waals surface area contributed by atoms with E-state index in [0.717, 1.165) is 0 Å². The van der Waals surface area contributed by atoms with Crippen molar-refractivity contribution >= 4 is 16.7 Å². The second-order valence-corrected chi connectivity index (χ2v) is 3.72. The average molecular weight is 249 g/mol. The number of hydrogen-bond donors (Lipinski definition) is 1. The highest BCUT2D eigenvalue weighted by Gasteiger charge is 2.15. The number of rotatable bonds is 3. The fourth-order valence-electron chi connectivity index (χ4n) is 1.96. The van der Waals surface area contributed by atoms with Crippen molar-refractivity contribution in [3.8, 4) is 11.5 Å². The zero-order valence-corrected chi connectivity index (χ0v) is 10.6. The minimum absolute atomic E-state index is 0.336. The maximum atomic E-state index is 11.7. The molecule has 2 aromatic rings. The number of aromatic nitrogens is 2. The predicted octanol–water partition coefficient (Wildman–Crippen LogP) is 1.02. The topological polar surface area (TPSA) is 79.4 Å². The number of hydrogen-bond acceptors (Lipinski definition) is 5. The number of fused-ring (bicyclic) bond motifs is 1. The first kappa shape index (κ1) is 12.2. The Kier molecular flexibility index (Phi) is 3.10. The lowest BCUT2D eigenvalue weighted by molar-refractivity contribution is 0.358. The molecule has 0 atom stereocenters. The van der Waals surface area contributed by atoms with E-state index in [2.05, 4.69) is 4.98 Å². The first-order valence-corrected chi connectivity index (χ1v) is 5.55. The van der Waals surface area contributed by atoms with Gasteiger partial charge >= 0.3 is 5.69 Å². The van der Waals surface area contributed by atoms with Gasteiger partial charge < -0.3 is 15.2 Å². The third-order valence-electron chi connectivity index (χ3n) is 2.83. The van der Waals surface area contributed by atoms with Crippen LogP contribution in [-0.2, 0) is 6.54 Å². The average Bonchev–Trinajstić information content (AvgIpc) is 2.37. The van der Waals surface area contributed by atoms with Crippen LogP contribution in [0.15, 0.2) is 16.9 Å². The number of ether oxygens (including phenoxy) is 2. The molecule has 1 heterocycles. The molecule has 0 aliphatic heterocycles. The molecule has 2 N–H and O–H groups in total. The molecule has 2 rings (SSSR count). The Morgan fingerprint density at radius 2 is 2.06 bits per heavy atom. The molecule has 1 aromatic carbocycles. The molecule has 0 spiro atoms. The predicted molar refractivity (Wildman–Crippen MR) is 69.2 cm³/mol. The Morgan fingerprint density at radius 1 is 1.33 bits per heavy atom. The Bertz CT molecular complexity index is 649. The summed E-state index contributed by atoms with van der Waals surface area (Å²) < 4.78 is 11.9. The van der Waals surface area contributed by atoms with Crippen molar-refractivity contribution in [2.75, 3.05) is 20.0 Å². The molecule has 0 bridgehead atoms. The van der Waals surface area contributed by atoms with Gasteiger partial charge in [-0.2, -0.15) is 4.98 Å². The van der Waals surface area contributed by atoms with E-state index in [0.29, 0.717) is 34.8 Å². The van der Waals surface area contributed by atoms with Crippen molar-refractivity contribution in [1.29, 1.82) is 0 Å².